The molecule has 0 aliphatic heterocycles. The van der Waals surface area contributed by atoms with Crippen molar-refractivity contribution in [1.29, 1.82) is 0 Å². The number of pyridine rings is 1. The van der Waals surface area contributed by atoms with E-state index in [2.05, 4.69) is 10.3 Å². The van der Waals surface area contributed by atoms with Crippen molar-refractivity contribution >= 4 is 17.2 Å². The molecule has 84 valence electrons. The maximum absolute atomic E-state index is 5.25. The van der Waals surface area contributed by atoms with E-state index in [4.69, 9.17) is 4.74 Å². The van der Waals surface area contributed by atoms with Gasteiger partial charge in [0.1, 0.15) is 11.6 Å². The fraction of sp³-hybridized carbons (Fsp3) is 0.250. The highest BCUT2D eigenvalue weighted by Gasteiger charge is 2.05. The molecule has 0 aliphatic rings. The van der Waals surface area contributed by atoms with Crippen LogP contribution in [0, 0.1) is 6.92 Å². The number of nitrogens with zero attached hydrogens (tertiary/aromatic N) is 1. The average Bonchev–Trinajstić information content (AvgIpc) is 2.75. The van der Waals surface area contributed by atoms with Gasteiger partial charge >= 0.3 is 0 Å². The molecule has 2 aromatic rings. The zero-order valence-electron chi connectivity index (χ0n) is 9.36. The summed E-state index contributed by atoms with van der Waals surface area (Å²) >= 11 is 1.68. The van der Waals surface area contributed by atoms with Crippen molar-refractivity contribution in [3.63, 3.8) is 0 Å². The Hall–Kier alpha value is -1.55. The van der Waals surface area contributed by atoms with E-state index in [0.29, 0.717) is 0 Å². The normalized spacial score (nSPS) is 10.1. The van der Waals surface area contributed by atoms with Crippen LogP contribution in [0.5, 0.6) is 5.75 Å². The number of nitrogens with one attached hydrogen (secondary N) is 1. The minimum Gasteiger partial charge on any atom is -0.496 e. The van der Waals surface area contributed by atoms with Crippen LogP contribution < -0.4 is 10.1 Å². The summed E-state index contributed by atoms with van der Waals surface area (Å²) in [4.78, 5) is 5.47. The van der Waals surface area contributed by atoms with Crippen LogP contribution in [0.3, 0.4) is 0 Å². The first-order valence-electron chi connectivity index (χ1n) is 5.07. The Kier molecular flexibility index (Phi) is 3.41. The van der Waals surface area contributed by atoms with Gasteiger partial charge in [0, 0.05) is 6.20 Å². The molecule has 2 rings (SSSR count). The molecule has 2 aromatic heterocycles. The zero-order valence-corrected chi connectivity index (χ0v) is 10.2. The van der Waals surface area contributed by atoms with E-state index >= 15 is 0 Å². The number of aryl methyl sites for hydroxylation is 1. The molecular formula is C12H14N2OS. The summed E-state index contributed by atoms with van der Waals surface area (Å²) in [6.07, 6.45) is 1.79. The second-order valence-electron chi connectivity index (χ2n) is 3.43. The van der Waals surface area contributed by atoms with Crippen molar-refractivity contribution in [2.75, 3.05) is 12.4 Å². The lowest BCUT2D eigenvalue weighted by atomic mass is 10.3. The highest BCUT2D eigenvalue weighted by atomic mass is 32.1. The van der Waals surface area contributed by atoms with Gasteiger partial charge < -0.3 is 10.1 Å². The van der Waals surface area contributed by atoms with Crippen LogP contribution in [0.4, 0.5) is 5.82 Å². The lowest BCUT2D eigenvalue weighted by Gasteiger charge is -2.07. The molecule has 0 amide bonds. The number of thiophene rings is 1. The molecule has 4 heteroatoms. The molecule has 3 nitrogen and oxygen atoms in total. The van der Waals surface area contributed by atoms with Gasteiger partial charge in [-0.05, 0) is 30.0 Å². The standard InChI is InChI=1S/C12H14N2OS/c1-9-4-3-6-13-12(9)14-8-11-10(15-2)5-7-16-11/h3-7H,8H2,1-2H3,(H,13,14). The van der Waals surface area contributed by atoms with E-state index in [0.717, 1.165) is 23.7 Å². The van der Waals surface area contributed by atoms with Crippen molar-refractivity contribution in [1.82, 2.24) is 4.98 Å². The molecule has 0 saturated heterocycles. The van der Waals surface area contributed by atoms with Crippen molar-refractivity contribution in [3.05, 3.63) is 40.2 Å². The van der Waals surface area contributed by atoms with Gasteiger partial charge in [-0.1, -0.05) is 6.07 Å². The lowest BCUT2D eigenvalue weighted by Crippen LogP contribution is -2.02. The maximum atomic E-state index is 5.25. The summed E-state index contributed by atoms with van der Waals surface area (Å²) in [5, 5.41) is 5.34. The van der Waals surface area contributed by atoms with E-state index in [1.807, 2.05) is 30.5 Å². The van der Waals surface area contributed by atoms with E-state index in [1.165, 1.54) is 4.88 Å². The monoisotopic (exact) mass is 234 g/mol. The first-order chi connectivity index (χ1) is 7.81. The quantitative estimate of drug-likeness (QED) is 0.882. The molecule has 0 aliphatic carbocycles. The summed E-state index contributed by atoms with van der Waals surface area (Å²) in [5.41, 5.74) is 1.15. The number of anilines is 1. The molecule has 0 atom stereocenters. The number of hydrogen-bond acceptors (Lipinski definition) is 4. The van der Waals surface area contributed by atoms with Crippen molar-refractivity contribution in [2.24, 2.45) is 0 Å². The molecule has 2 heterocycles. The number of methoxy groups -OCH3 is 1. The third-order valence-corrected chi connectivity index (χ3v) is 3.25. The fourth-order valence-electron chi connectivity index (χ4n) is 1.47. The Labute approximate surface area is 99.1 Å². The van der Waals surface area contributed by atoms with Crippen LogP contribution in [-0.4, -0.2) is 12.1 Å². The molecule has 0 fully saturated rings. The average molecular weight is 234 g/mol. The Morgan fingerprint density at radius 3 is 3.06 bits per heavy atom. The minimum absolute atomic E-state index is 0.749. The smallest absolute Gasteiger partial charge is 0.134 e. The summed E-state index contributed by atoms with van der Waals surface area (Å²) in [6, 6.07) is 5.96. The van der Waals surface area contributed by atoms with E-state index in [1.54, 1.807) is 24.6 Å². The molecule has 1 N–H and O–H groups in total. The van der Waals surface area contributed by atoms with Crippen molar-refractivity contribution in [3.8, 4) is 5.75 Å². The Morgan fingerprint density at radius 1 is 1.44 bits per heavy atom. The SMILES string of the molecule is COc1ccsc1CNc1ncccc1C. The van der Waals surface area contributed by atoms with Gasteiger partial charge in [-0.2, -0.15) is 0 Å². The van der Waals surface area contributed by atoms with E-state index in [-0.39, 0.29) is 0 Å². The number of rotatable bonds is 4. The second kappa shape index (κ2) is 4.99. The van der Waals surface area contributed by atoms with E-state index < -0.39 is 0 Å². The summed E-state index contributed by atoms with van der Waals surface area (Å²) in [6.45, 7) is 2.79. The highest BCUT2D eigenvalue weighted by molar-refractivity contribution is 7.10. The third-order valence-electron chi connectivity index (χ3n) is 2.35. The molecule has 0 aromatic carbocycles. The van der Waals surface area contributed by atoms with Crippen LogP contribution in [0.25, 0.3) is 0 Å². The molecule has 0 spiro atoms. The maximum Gasteiger partial charge on any atom is 0.134 e. The zero-order chi connectivity index (χ0) is 11.4. The van der Waals surface area contributed by atoms with Gasteiger partial charge in [-0.25, -0.2) is 4.98 Å². The van der Waals surface area contributed by atoms with E-state index in [9.17, 15) is 0 Å². The Balaban J connectivity index is 2.05. The summed E-state index contributed by atoms with van der Waals surface area (Å²) in [7, 11) is 1.69. The highest BCUT2D eigenvalue weighted by Crippen LogP contribution is 2.25. The molecule has 0 radical (unpaired) electrons. The van der Waals surface area contributed by atoms with Crippen LogP contribution in [-0.2, 0) is 6.54 Å². The number of hydrogen-bond donors (Lipinski definition) is 1. The molecule has 0 unspecified atom stereocenters. The van der Waals surface area contributed by atoms with Gasteiger partial charge in [0.2, 0.25) is 0 Å². The molecule has 0 saturated carbocycles. The Morgan fingerprint density at radius 2 is 2.31 bits per heavy atom. The topological polar surface area (TPSA) is 34.1 Å². The molecular weight excluding hydrogens is 220 g/mol. The van der Waals surface area contributed by atoms with Crippen LogP contribution in [0.15, 0.2) is 29.8 Å². The predicted molar refractivity (Wildman–Crippen MR) is 67.2 cm³/mol. The molecule has 0 bridgehead atoms. The first-order valence-corrected chi connectivity index (χ1v) is 5.95. The number of ether oxygens (including phenoxy) is 1. The van der Waals surface area contributed by atoms with Gasteiger partial charge in [-0.3, -0.25) is 0 Å². The van der Waals surface area contributed by atoms with Crippen LogP contribution >= 0.6 is 11.3 Å². The summed E-state index contributed by atoms with van der Waals surface area (Å²) in [5.74, 6) is 1.86. The number of aromatic nitrogens is 1. The predicted octanol–water partition coefficient (Wildman–Crippen LogP) is 3.07. The second-order valence-corrected chi connectivity index (χ2v) is 4.44. The minimum atomic E-state index is 0.749. The van der Waals surface area contributed by atoms with Crippen molar-refractivity contribution in [2.45, 2.75) is 13.5 Å². The van der Waals surface area contributed by atoms with Gasteiger partial charge in [0.15, 0.2) is 0 Å². The fourth-order valence-corrected chi connectivity index (χ4v) is 2.25. The van der Waals surface area contributed by atoms with Gasteiger partial charge in [-0.15, -0.1) is 11.3 Å². The van der Waals surface area contributed by atoms with Crippen LogP contribution in [0.2, 0.25) is 0 Å². The van der Waals surface area contributed by atoms with Crippen LogP contribution in [0.1, 0.15) is 10.4 Å². The van der Waals surface area contributed by atoms with Crippen molar-refractivity contribution < 1.29 is 4.74 Å². The molecule has 16 heavy (non-hydrogen) atoms. The summed E-state index contributed by atoms with van der Waals surface area (Å²) < 4.78 is 5.25. The third kappa shape index (κ3) is 2.33. The van der Waals surface area contributed by atoms with Gasteiger partial charge in [0.25, 0.3) is 0 Å². The lowest BCUT2D eigenvalue weighted by molar-refractivity contribution is 0.413. The Bertz CT molecular complexity index is 468. The van der Waals surface area contributed by atoms with Gasteiger partial charge in [0.05, 0.1) is 18.5 Å². The first kappa shape index (κ1) is 11.0. The largest absolute Gasteiger partial charge is 0.496 e.